The van der Waals surface area contributed by atoms with Crippen LogP contribution in [-0.2, 0) is 0 Å². The van der Waals surface area contributed by atoms with Crippen LogP contribution in [-0.4, -0.2) is 23.2 Å². The molecule has 1 aromatic heterocycles. The van der Waals surface area contributed by atoms with Gasteiger partial charge in [0.25, 0.3) is 0 Å². The fourth-order valence-corrected chi connectivity index (χ4v) is 2.52. The number of nitrogens with zero attached hydrogens (tertiary/aromatic N) is 1. The van der Waals surface area contributed by atoms with Crippen molar-refractivity contribution in [1.29, 1.82) is 0 Å². The summed E-state index contributed by atoms with van der Waals surface area (Å²) in [7, 11) is 0. The first-order valence-corrected chi connectivity index (χ1v) is 6.75. The summed E-state index contributed by atoms with van der Waals surface area (Å²) in [6.45, 7) is 4.68. The predicted octanol–water partition coefficient (Wildman–Crippen LogP) is 2.55. The van der Waals surface area contributed by atoms with Gasteiger partial charge in [-0.3, -0.25) is 0 Å². The molecule has 2 rings (SSSR count). The van der Waals surface area contributed by atoms with Gasteiger partial charge in [-0.05, 0) is 38.8 Å². The summed E-state index contributed by atoms with van der Waals surface area (Å²) >= 11 is 0. The van der Waals surface area contributed by atoms with E-state index in [1.807, 2.05) is 26.0 Å². The number of rotatable bonds is 5. The zero-order chi connectivity index (χ0) is 13.0. The third-order valence-electron chi connectivity index (χ3n) is 3.47. The molecule has 100 valence electrons. The highest BCUT2D eigenvalue weighted by molar-refractivity contribution is 5.51. The standard InChI is InChI=1S/C14H23N3O/c1-11(2)18-12-6-5-9-16-13(12)17-14(10-15)7-3-4-8-14/h5-6,9,11H,3-4,7-8,10,15H2,1-2H3,(H,16,17). The summed E-state index contributed by atoms with van der Waals surface area (Å²) in [5.41, 5.74) is 5.94. The van der Waals surface area contributed by atoms with Crippen molar-refractivity contribution in [3.8, 4) is 5.75 Å². The van der Waals surface area contributed by atoms with E-state index in [0.717, 1.165) is 24.4 Å². The maximum atomic E-state index is 5.94. The van der Waals surface area contributed by atoms with Crippen LogP contribution in [0.2, 0.25) is 0 Å². The van der Waals surface area contributed by atoms with E-state index >= 15 is 0 Å². The van der Waals surface area contributed by atoms with E-state index in [2.05, 4.69) is 10.3 Å². The average molecular weight is 249 g/mol. The molecule has 0 aliphatic heterocycles. The Bertz CT molecular complexity index is 386. The summed E-state index contributed by atoms with van der Waals surface area (Å²) in [6.07, 6.45) is 6.62. The van der Waals surface area contributed by atoms with Gasteiger partial charge < -0.3 is 15.8 Å². The van der Waals surface area contributed by atoms with Crippen LogP contribution >= 0.6 is 0 Å². The average Bonchev–Trinajstić information content (AvgIpc) is 2.80. The van der Waals surface area contributed by atoms with Crippen molar-refractivity contribution in [2.45, 2.75) is 51.2 Å². The lowest BCUT2D eigenvalue weighted by atomic mass is 9.98. The lowest BCUT2D eigenvalue weighted by Crippen LogP contribution is -2.43. The second-order valence-corrected chi connectivity index (χ2v) is 5.33. The van der Waals surface area contributed by atoms with Gasteiger partial charge in [-0.15, -0.1) is 0 Å². The molecule has 0 atom stereocenters. The predicted molar refractivity (Wildman–Crippen MR) is 73.9 cm³/mol. The molecule has 0 spiro atoms. The van der Waals surface area contributed by atoms with Gasteiger partial charge in [-0.25, -0.2) is 4.98 Å². The van der Waals surface area contributed by atoms with E-state index < -0.39 is 0 Å². The molecule has 1 aromatic rings. The van der Waals surface area contributed by atoms with Crippen molar-refractivity contribution in [2.24, 2.45) is 5.73 Å². The smallest absolute Gasteiger partial charge is 0.169 e. The number of pyridine rings is 1. The summed E-state index contributed by atoms with van der Waals surface area (Å²) in [6, 6.07) is 3.85. The zero-order valence-corrected chi connectivity index (χ0v) is 11.3. The topological polar surface area (TPSA) is 60.2 Å². The van der Waals surface area contributed by atoms with Crippen LogP contribution in [0, 0.1) is 0 Å². The van der Waals surface area contributed by atoms with Gasteiger partial charge in [-0.1, -0.05) is 12.8 Å². The number of ether oxygens (including phenoxy) is 1. The van der Waals surface area contributed by atoms with Crippen LogP contribution in [0.5, 0.6) is 5.75 Å². The quantitative estimate of drug-likeness (QED) is 0.842. The Morgan fingerprint density at radius 3 is 2.78 bits per heavy atom. The van der Waals surface area contributed by atoms with E-state index in [4.69, 9.17) is 10.5 Å². The highest BCUT2D eigenvalue weighted by Crippen LogP contribution is 2.34. The minimum atomic E-state index is 0.00342. The van der Waals surface area contributed by atoms with Crippen molar-refractivity contribution in [3.05, 3.63) is 18.3 Å². The third-order valence-corrected chi connectivity index (χ3v) is 3.47. The Balaban J connectivity index is 2.17. The van der Waals surface area contributed by atoms with Gasteiger partial charge >= 0.3 is 0 Å². The Kier molecular flexibility index (Phi) is 4.07. The van der Waals surface area contributed by atoms with Crippen molar-refractivity contribution < 1.29 is 4.74 Å². The zero-order valence-electron chi connectivity index (χ0n) is 11.3. The van der Waals surface area contributed by atoms with Gasteiger partial charge in [0.2, 0.25) is 0 Å². The van der Waals surface area contributed by atoms with Crippen LogP contribution in [0.4, 0.5) is 5.82 Å². The van der Waals surface area contributed by atoms with Crippen LogP contribution in [0.25, 0.3) is 0 Å². The Morgan fingerprint density at radius 2 is 2.17 bits per heavy atom. The van der Waals surface area contributed by atoms with E-state index in [9.17, 15) is 0 Å². The monoisotopic (exact) mass is 249 g/mol. The highest BCUT2D eigenvalue weighted by Gasteiger charge is 2.33. The molecule has 4 heteroatoms. The minimum absolute atomic E-state index is 0.00342. The highest BCUT2D eigenvalue weighted by atomic mass is 16.5. The van der Waals surface area contributed by atoms with Crippen LogP contribution in [0.1, 0.15) is 39.5 Å². The fraction of sp³-hybridized carbons (Fsp3) is 0.643. The number of nitrogens with one attached hydrogen (secondary N) is 1. The van der Waals surface area contributed by atoms with Crippen molar-refractivity contribution in [1.82, 2.24) is 4.98 Å². The number of aromatic nitrogens is 1. The first-order valence-electron chi connectivity index (χ1n) is 6.75. The maximum Gasteiger partial charge on any atom is 0.169 e. The lowest BCUT2D eigenvalue weighted by molar-refractivity contribution is 0.242. The largest absolute Gasteiger partial charge is 0.487 e. The van der Waals surface area contributed by atoms with Crippen LogP contribution in [0.3, 0.4) is 0 Å². The molecule has 0 unspecified atom stereocenters. The third kappa shape index (κ3) is 2.93. The number of nitrogens with two attached hydrogens (primary N) is 1. The van der Waals surface area contributed by atoms with Gasteiger partial charge in [0.1, 0.15) is 0 Å². The van der Waals surface area contributed by atoms with Crippen molar-refractivity contribution >= 4 is 5.82 Å². The maximum absolute atomic E-state index is 5.94. The van der Waals surface area contributed by atoms with E-state index in [0.29, 0.717) is 6.54 Å². The fourth-order valence-electron chi connectivity index (χ4n) is 2.52. The molecule has 0 bridgehead atoms. The first kappa shape index (κ1) is 13.1. The molecule has 18 heavy (non-hydrogen) atoms. The number of anilines is 1. The van der Waals surface area contributed by atoms with Gasteiger partial charge in [0.05, 0.1) is 11.6 Å². The molecule has 0 amide bonds. The number of hydrogen-bond acceptors (Lipinski definition) is 4. The summed E-state index contributed by atoms with van der Waals surface area (Å²) in [5, 5.41) is 3.52. The molecular weight excluding hydrogens is 226 g/mol. The molecule has 0 saturated heterocycles. The van der Waals surface area contributed by atoms with Crippen LogP contribution < -0.4 is 15.8 Å². The van der Waals surface area contributed by atoms with Gasteiger partial charge in [0, 0.05) is 12.7 Å². The molecule has 1 saturated carbocycles. The second-order valence-electron chi connectivity index (χ2n) is 5.33. The number of hydrogen-bond donors (Lipinski definition) is 2. The summed E-state index contributed by atoms with van der Waals surface area (Å²) < 4.78 is 5.78. The van der Waals surface area contributed by atoms with Crippen molar-refractivity contribution in [2.75, 3.05) is 11.9 Å². The van der Waals surface area contributed by atoms with Gasteiger partial charge in [0.15, 0.2) is 11.6 Å². The Morgan fingerprint density at radius 1 is 1.44 bits per heavy atom. The van der Waals surface area contributed by atoms with Gasteiger partial charge in [-0.2, -0.15) is 0 Å². The molecule has 0 aromatic carbocycles. The van der Waals surface area contributed by atoms with E-state index in [1.54, 1.807) is 6.20 Å². The minimum Gasteiger partial charge on any atom is -0.487 e. The Labute approximate surface area is 109 Å². The molecule has 1 heterocycles. The molecule has 1 aliphatic rings. The lowest BCUT2D eigenvalue weighted by Gasteiger charge is -2.30. The normalized spacial score (nSPS) is 18.0. The molecule has 1 aliphatic carbocycles. The van der Waals surface area contributed by atoms with E-state index in [-0.39, 0.29) is 11.6 Å². The molecule has 4 nitrogen and oxygen atoms in total. The second kappa shape index (κ2) is 5.57. The van der Waals surface area contributed by atoms with E-state index in [1.165, 1.54) is 12.8 Å². The summed E-state index contributed by atoms with van der Waals surface area (Å²) in [5.74, 6) is 1.63. The molecule has 3 N–H and O–H groups in total. The SMILES string of the molecule is CC(C)Oc1cccnc1NC1(CN)CCCC1. The molecule has 1 fully saturated rings. The first-order chi connectivity index (χ1) is 8.65. The Hall–Kier alpha value is -1.29. The van der Waals surface area contributed by atoms with Crippen molar-refractivity contribution in [3.63, 3.8) is 0 Å². The molecular formula is C14H23N3O. The molecule has 0 radical (unpaired) electrons. The van der Waals surface area contributed by atoms with Crippen LogP contribution in [0.15, 0.2) is 18.3 Å². The summed E-state index contributed by atoms with van der Waals surface area (Å²) in [4.78, 5) is 4.40.